The smallest absolute Gasteiger partial charge is 0.257 e. The number of fused-ring (bicyclic) bond motifs is 1. The van der Waals surface area contributed by atoms with E-state index in [4.69, 9.17) is 0 Å². The van der Waals surface area contributed by atoms with E-state index in [1.807, 2.05) is 24.3 Å². The molecule has 0 aliphatic carbocycles. The molecule has 2 rings (SSSR count). The van der Waals surface area contributed by atoms with Gasteiger partial charge in [0.2, 0.25) is 0 Å². The standard InChI is InChI=1S/C9H9IN2O/c1-12-8(13)6-4-2-3-5-7(6)11-9(12)10/h2-5,9,11H,1H3. The maximum Gasteiger partial charge on any atom is 0.257 e. The second kappa shape index (κ2) is 3.17. The number of carbonyl (C=O) groups excluding carboxylic acids is 1. The van der Waals surface area contributed by atoms with Crippen molar-refractivity contribution in [2.24, 2.45) is 0 Å². The third-order valence-corrected chi connectivity index (χ3v) is 3.24. The van der Waals surface area contributed by atoms with E-state index in [1.54, 1.807) is 11.9 Å². The Morgan fingerprint density at radius 3 is 2.92 bits per heavy atom. The van der Waals surface area contributed by atoms with E-state index in [9.17, 15) is 4.79 Å². The van der Waals surface area contributed by atoms with Crippen LogP contribution < -0.4 is 5.32 Å². The van der Waals surface area contributed by atoms with Crippen molar-refractivity contribution >= 4 is 34.2 Å². The number of amides is 1. The minimum absolute atomic E-state index is 0.0417. The molecule has 1 N–H and O–H groups in total. The highest BCUT2D eigenvalue weighted by atomic mass is 127. The van der Waals surface area contributed by atoms with Gasteiger partial charge in [0.05, 0.1) is 5.56 Å². The molecule has 0 spiro atoms. The van der Waals surface area contributed by atoms with Crippen LogP contribution in [-0.2, 0) is 0 Å². The number of rotatable bonds is 0. The van der Waals surface area contributed by atoms with Gasteiger partial charge in [-0.1, -0.05) is 12.1 Å². The van der Waals surface area contributed by atoms with Gasteiger partial charge < -0.3 is 10.2 Å². The van der Waals surface area contributed by atoms with Gasteiger partial charge in [-0.15, -0.1) is 0 Å². The van der Waals surface area contributed by atoms with Crippen LogP contribution in [0, 0.1) is 0 Å². The largest absolute Gasteiger partial charge is 0.356 e. The summed E-state index contributed by atoms with van der Waals surface area (Å²) in [6.45, 7) is 0. The van der Waals surface area contributed by atoms with Crippen LogP contribution in [0.3, 0.4) is 0 Å². The summed E-state index contributed by atoms with van der Waals surface area (Å²) < 4.78 is 0.0417. The van der Waals surface area contributed by atoms with E-state index in [1.165, 1.54) is 0 Å². The number of halogens is 1. The Kier molecular flexibility index (Phi) is 2.15. The molecule has 1 heterocycles. The van der Waals surface area contributed by atoms with Gasteiger partial charge >= 0.3 is 0 Å². The Morgan fingerprint density at radius 1 is 1.46 bits per heavy atom. The highest BCUT2D eigenvalue weighted by molar-refractivity contribution is 14.1. The average Bonchev–Trinajstić information content (AvgIpc) is 2.15. The number of anilines is 1. The monoisotopic (exact) mass is 288 g/mol. The highest BCUT2D eigenvalue weighted by Crippen LogP contribution is 2.25. The van der Waals surface area contributed by atoms with Gasteiger partial charge in [0.15, 0.2) is 4.17 Å². The first kappa shape index (κ1) is 8.80. The summed E-state index contributed by atoms with van der Waals surface area (Å²) >= 11 is 2.19. The number of hydrogen-bond donors (Lipinski definition) is 1. The first-order valence-corrected chi connectivity index (χ1v) is 5.21. The number of carbonyl (C=O) groups is 1. The maximum absolute atomic E-state index is 11.7. The molecule has 0 aromatic heterocycles. The highest BCUT2D eigenvalue weighted by Gasteiger charge is 2.26. The zero-order chi connectivity index (χ0) is 9.42. The molecular weight excluding hydrogens is 279 g/mol. The van der Waals surface area contributed by atoms with Crippen molar-refractivity contribution < 1.29 is 4.79 Å². The van der Waals surface area contributed by atoms with Crippen molar-refractivity contribution in [1.82, 2.24) is 4.90 Å². The van der Waals surface area contributed by atoms with Crippen molar-refractivity contribution in [1.29, 1.82) is 0 Å². The van der Waals surface area contributed by atoms with Crippen LogP contribution in [0.2, 0.25) is 0 Å². The van der Waals surface area contributed by atoms with Crippen LogP contribution in [0.5, 0.6) is 0 Å². The Labute approximate surface area is 90.3 Å². The minimum atomic E-state index is 0.0417. The third-order valence-electron chi connectivity index (χ3n) is 2.09. The molecule has 0 saturated heterocycles. The molecule has 1 atom stereocenters. The number of nitrogens with zero attached hydrogens (tertiary/aromatic N) is 1. The van der Waals surface area contributed by atoms with Crippen LogP contribution in [0.1, 0.15) is 10.4 Å². The third kappa shape index (κ3) is 1.39. The van der Waals surface area contributed by atoms with Gasteiger partial charge in [-0.3, -0.25) is 4.79 Å². The topological polar surface area (TPSA) is 32.3 Å². The lowest BCUT2D eigenvalue weighted by Gasteiger charge is -2.31. The molecule has 0 radical (unpaired) electrons. The molecule has 0 fully saturated rings. The number of hydrogen-bond acceptors (Lipinski definition) is 2. The minimum Gasteiger partial charge on any atom is -0.356 e. The van der Waals surface area contributed by atoms with Crippen molar-refractivity contribution in [3.05, 3.63) is 29.8 Å². The van der Waals surface area contributed by atoms with Crippen LogP contribution >= 0.6 is 22.6 Å². The van der Waals surface area contributed by atoms with Crippen molar-refractivity contribution in [3.8, 4) is 0 Å². The van der Waals surface area contributed by atoms with Crippen molar-refractivity contribution in [3.63, 3.8) is 0 Å². The van der Waals surface area contributed by atoms with Gasteiger partial charge in [0.1, 0.15) is 0 Å². The lowest BCUT2D eigenvalue weighted by molar-refractivity contribution is 0.0789. The molecule has 1 aromatic rings. The molecule has 1 amide bonds. The summed E-state index contributed by atoms with van der Waals surface area (Å²) in [5.41, 5.74) is 1.67. The fourth-order valence-electron chi connectivity index (χ4n) is 1.31. The number of benzene rings is 1. The molecular formula is C9H9IN2O. The fraction of sp³-hybridized carbons (Fsp3) is 0.222. The summed E-state index contributed by atoms with van der Waals surface area (Å²) in [4.78, 5) is 13.4. The van der Waals surface area contributed by atoms with Gasteiger partial charge in [0.25, 0.3) is 5.91 Å². The van der Waals surface area contributed by atoms with Crippen LogP contribution in [0.15, 0.2) is 24.3 Å². The summed E-state index contributed by atoms with van der Waals surface area (Å²) in [6, 6.07) is 7.56. The predicted octanol–water partition coefficient (Wildman–Crippen LogP) is 1.90. The molecule has 0 saturated carbocycles. The number of nitrogens with one attached hydrogen (secondary N) is 1. The van der Waals surface area contributed by atoms with Crippen LogP contribution in [0.4, 0.5) is 5.69 Å². The summed E-state index contributed by atoms with van der Waals surface area (Å²) in [6.07, 6.45) is 0. The van der Waals surface area contributed by atoms with E-state index in [0.717, 1.165) is 11.3 Å². The predicted molar refractivity (Wildman–Crippen MR) is 60.0 cm³/mol. The van der Waals surface area contributed by atoms with E-state index in [-0.39, 0.29) is 10.1 Å². The quantitative estimate of drug-likeness (QED) is 0.449. The average molecular weight is 288 g/mol. The first-order valence-electron chi connectivity index (χ1n) is 3.97. The van der Waals surface area contributed by atoms with Crippen LogP contribution in [-0.4, -0.2) is 22.0 Å². The Morgan fingerprint density at radius 2 is 2.15 bits per heavy atom. The Balaban J connectivity index is 2.49. The molecule has 1 aliphatic rings. The van der Waals surface area contributed by atoms with E-state index in [0.29, 0.717) is 0 Å². The van der Waals surface area contributed by atoms with E-state index < -0.39 is 0 Å². The Bertz CT molecular complexity index is 353. The Hall–Kier alpha value is -0.780. The fourth-order valence-corrected chi connectivity index (χ4v) is 1.90. The molecule has 13 heavy (non-hydrogen) atoms. The lowest BCUT2D eigenvalue weighted by atomic mass is 10.1. The maximum atomic E-state index is 11.7. The summed E-state index contributed by atoms with van der Waals surface area (Å²) in [5, 5.41) is 3.23. The second-order valence-corrected chi connectivity index (χ2v) is 4.12. The number of para-hydroxylation sites is 1. The lowest BCUT2D eigenvalue weighted by Crippen LogP contribution is -2.42. The zero-order valence-corrected chi connectivity index (χ0v) is 9.28. The van der Waals surface area contributed by atoms with Crippen LogP contribution in [0.25, 0.3) is 0 Å². The van der Waals surface area contributed by atoms with Gasteiger partial charge in [-0.2, -0.15) is 0 Å². The van der Waals surface area contributed by atoms with Gasteiger partial charge in [-0.25, -0.2) is 0 Å². The molecule has 3 nitrogen and oxygen atoms in total. The molecule has 1 aliphatic heterocycles. The normalized spacial score (nSPS) is 20.9. The van der Waals surface area contributed by atoms with Crippen molar-refractivity contribution in [2.75, 3.05) is 12.4 Å². The summed E-state index contributed by atoms with van der Waals surface area (Å²) in [5.74, 6) is 0.0775. The number of alkyl halides is 1. The van der Waals surface area contributed by atoms with Crippen molar-refractivity contribution in [2.45, 2.75) is 4.17 Å². The molecule has 0 bridgehead atoms. The summed E-state index contributed by atoms with van der Waals surface area (Å²) in [7, 11) is 1.79. The van der Waals surface area contributed by atoms with Gasteiger partial charge in [0, 0.05) is 12.7 Å². The molecule has 1 aromatic carbocycles. The van der Waals surface area contributed by atoms with E-state index in [2.05, 4.69) is 27.9 Å². The first-order chi connectivity index (χ1) is 6.20. The zero-order valence-electron chi connectivity index (χ0n) is 7.12. The molecule has 4 heteroatoms. The SMILES string of the molecule is CN1C(=O)c2ccccc2NC1I. The second-order valence-electron chi connectivity index (χ2n) is 2.94. The van der Waals surface area contributed by atoms with E-state index >= 15 is 0 Å². The molecule has 68 valence electrons. The molecule has 1 unspecified atom stereocenters. The van der Waals surface area contributed by atoms with Gasteiger partial charge in [-0.05, 0) is 34.7 Å².